The zero-order chi connectivity index (χ0) is 15.4. The molecule has 22 heavy (non-hydrogen) atoms. The van der Waals surface area contributed by atoms with Crippen LogP contribution in [0.1, 0.15) is 43.7 Å². The number of piperazine rings is 1. The van der Waals surface area contributed by atoms with Crippen molar-refractivity contribution in [1.29, 1.82) is 0 Å². The molecule has 1 heterocycles. The summed E-state index contributed by atoms with van der Waals surface area (Å²) in [6.45, 7) is 3.99. The Hall–Kier alpha value is -1.13. The minimum absolute atomic E-state index is 0.0880. The van der Waals surface area contributed by atoms with E-state index in [0.717, 1.165) is 37.5 Å². The summed E-state index contributed by atoms with van der Waals surface area (Å²) in [6.07, 6.45) is 6.31. The Kier molecular flexibility index (Phi) is 5.32. The molecule has 1 aliphatic carbocycles. The summed E-state index contributed by atoms with van der Waals surface area (Å²) in [5.74, 6) is 1.23. The highest BCUT2D eigenvalue weighted by atomic mass is 19.1. The fourth-order valence-corrected chi connectivity index (χ4v) is 4.03. The van der Waals surface area contributed by atoms with Gasteiger partial charge in [0, 0.05) is 37.8 Å². The predicted octanol–water partition coefficient (Wildman–Crippen LogP) is 3.36. The number of hydrogen-bond donors (Lipinski definition) is 1. The second kappa shape index (κ2) is 7.42. The summed E-state index contributed by atoms with van der Waals surface area (Å²) in [7, 11) is 1.65. The second-order valence-electron chi connectivity index (χ2n) is 6.52. The van der Waals surface area contributed by atoms with Crippen molar-refractivity contribution < 1.29 is 9.13 Å². The smallest absolute Gasteiger partial charge is 0.128 e. The van der Waals surface area contributed by atoms with Gasteiger partial charge in [-0.2, -0.15) is 0 Å². The van der Waals surface area contributed by atoms with E-state index in [0.29, 0.717) is 5.92 Å². The average molecular weight is 306 g/mol. The SMILES string of the molecule is COc1ccc(F)c([C@H](C2CCCCC2)N2CCNCC2)c1. The van der Waals surface area contributed by atoms with Gasteiger partial charge in [-0.05, 0) is 37.0 Å². The lowest BCUT2D eigenvalue weighted by Gasteiger charge is -2.41. The zero-order valence-electron chi connectivity index (χ0n) is 13.5. The van der Waals surface area contributed by atoms with Crippen LogP contribution in [0.2, 0.25) is 0 Å². The number of methoxy groups -OCH3 is 1. The van der Waals surface area contributed by atoms with E-state index < -0.39 is 0 Å². The maximum Gasteiger partial charge on any atom is 0.128 e. The number of rotatable bonds is 4. The molecule has 0 bridgehead atoms. The molecule has 1 N–H and O–H groups in total. The van der Waals surface area contributed by atoms with Crippen LogP contribution < -0.4 is 10.1 Å². The Labute approximate surface area is 132 Å². The van der Waals surface area contributed by atoms with E-state index in [2.05, 4.69) is 10.2 Å². The molecule has 0 unspecified atom stereocenters. The molecule has 0 spiro atoms. The molecule has 1 aliphatic heterocycles. The van der Waals surface area contributed by atoms with Gasteiger partial charge < -0.3 is 10.1 Å². The van der Waals surface area contributed by atoms with Crippen LogP contribution in [0.3, 0.4) is 0 Å². The molecular formula is C18H27FN2O. The maximum absolute atomic E-state index is 14.6. The predicted molar refractivity (Wildman–Crippen MR) is 86.7 cm³/mol. The lowest BCUT2D eigenvalue weighted by atomic mass is 9.80. The molecule has 1 aromatic rings. The number of nitrogens with one attached hydrogen (secondary N) is 1. The Bertz CT molecular complexity index is 464. The maximum atomic E-state index is 14.6. The molecule has 1 saturated carbocycles. The number of halogens is 1. The van der Waals surface area contributed by atoms with Crippen LogP contribution in [0.4, 0.5) is 4.39 Å². The van der Waals surface area contributed by atoms with Crippen LogP contribution in [0, 0.1) is 11.7 Å². The number of benzene rings is 1. The summed E-state index contributed by atoms with van der Waals surface area (Å²) in [4.78, 5) is 2.48. The Morgan fingerprint density at radius 2 is 1.91 bits per heavy atom. The van der Waals surface area contributed by atoms with Crippen LogP contribution in [0.5, 0.6) is 5.75 Å². The number of ether oxygens (including phenoxy) is 1. The summed E-state index contributed by atoms with van der Waals surface area (Å²) >= 11 is 0. The Morgan fingerprint density at radius 1 is 1.18 bits per heavy atom. The molecule has 3 nitrogen and oxygen atoms in total. The van der Waals surface area contributed by atoms with Crippen LogP contribution in [-0.2, 0) is 0 Å². The highest BCUT2D eigenvalue weighted by molar-refractivity contribution is 5.32. The van der Waals surface area contributed by atoms with Gasteiger partial charge in [0.2, 0.25) is 0 Å². The topological polar surface area (TPSA) is 24.5 Å². The molecule has 1 saturated heterocycles. The van der Waals surface area contributed by atoms with E-state index in [1.165, 1.54) is 32.1 Å². The third-order valence-corrected chi connectivity index (χ3v) is 5.16. The standard InChI is InChI=1S/C18H27FN2O/c1-22-15-7-8-17(19)16(13-15)18(14-5-3-2-4-6-14)21-11-9-20-10-12-21/h7-8,13-14,18,20H,2-6,9-12H2,1H3/t18-/m0/s1. The van der Waals surface area contributed by atoms with Crippen molar-refractivity contribution in [3.05, 3.63) is 29.6 Å². The fraction of sp³-hybridized carbons (Fsp3) is 0.667. The molecule has 1 atom stereocenters. The summed E-state index contributed by atoms with van der Waals surface area (Å²) in [5.41, 5.74) is 0.827. The van der Waals surface area contributed by atoms with E-state index in [1.54, 1.807) is 19.2 Å². The normalized spacial score (nSPS) is 22.5. The van der Waals surface area contributed by atoms with Crippen molar-refractivity contribution in [3.8, 4) is 5.75 Å². The largest absolute Gasteiger partial charge is 0.497 e. The van der Waals surface area contributed by atoms with E-state index in [9.17, 15) is 4.39 Å². The molecule has 4 heteroatoms. The van der Waals surface area contributed by atoms with Gasteiger partial charge in [-0.1, -0.05) is 19.3 Å². The first-order valence-electron chi connectivity index (χ1n) is 8.58. The summed E-state index contributed by atoms with van der Waals surface area (Å²) in [6, 6.07) is 5.38. The van der Waals surface area contributed by atoms with Crippen LogP contribution in [-0.4, -0.2) is 38.2 Å². The highest BCUT2D eigenvalue weighted by Gasteiger charge is 2.32. The third kappa shape index (κ3) is 3.44. The first kappa shape index (κ1) is 15.8. The number of nitrogens with zero attached hydrogens (tertiary/aromatic N) is 1. The second-order valence-corrected chi connectivity index (χ2v) is 6.52. The minimum atomic E-state index is -0.0880. The molecule has 1 aromatic carbocycles. The molecule has 2 fully saturated rings. The van der Waals surface area contributed by atoms with E-state index >= 15 is 0 Å². The zero-order valence-corrected chi connectivity index (χ0v) is 13.5. The average Bonchev–Trinajstić information content (AvgIpc) is 2.59. The quantitative estimate of drug-likeness (QED) is 0.923. The van der Waals surface area contributed by atoms with Gasteiger partial charge in [0.15, 0.2) is 0 Å². The monoisotopic (exact) mass is 306 g/mol. The molecule has 0 aromatic heterocycles. The van der Waals surface area contributed by atoms with Gasteiger partial charge in [0.1, 0.15) is 11.6 Å². The van der Waals surface area contributed by atoms with Crippen molar-refractivity contribution in [3.63, 3.8) is 0 Å². The molecule has 2 aliphatic rings. The molecule has 0 amide bonds. The van der Waals surface area contributed by atoms with Crippen molar-refractivity contribution >= 4 is 0 Å². The summed E-state index contributed by atoms with van der Waals surface area (Å²) in [5, 5.41) is 3.40. The van der Waals surface area contributed by atoms with Crippen molar-refractivity contribution in [1.82, 2.24) is 10.2 Å². The third-order valence-electron chi connectivity index (χ3n) is 5.16. The van der Waals surface area contributed by atoms with Gasteiger partial charge in [0.25, 0.3) is 0 Å². The van der Waals surface area contributed by atoms with Gasteiger partial charge >= 0.3 is 0 Å². The van der Waals surface area contributed by atoms with Crippen LogP contribution in [0.25, 0.3) is 0 Å². The molecule has 0 radical (unpaired) electrons. The van der Waals surface area contributed by atoms with Crippen LogP contribution in [0.15, 0.2) is 18.2 Å². The van der Waals surface area contributed by atoms with Crippen molar-refractivity contribution in [2.24, 2.45) is 5.92 Å². The minimum Gasteiger partial charge on any atom is -0.497 e. The lowest BCUT2D eigenvalue weighted by molar-refractivity contribution is 0.100. The van der Waals surface area contributed by atoms with Crippen LogP contribution >= 0.6 is 0 Å². The van der Waals surface area contributed by atoms with E-state index in [1.807, 2.05) is 6.07 Å². The van der Waals surface area contributed by atoms with Gasteiger partial charge in [-0.15, -0.1) is 0 Å². The van der Waals surface area contributed by atoms with Gasteiger partial charge in [-0.25, -0.2) is 4.39 Å². The first-order valence-corrected chi connectivity index (χ1v) is 8.58. The van der Waals surface area contributed by atoms with Gasteiger partial charge in [-0.3, -0.25) is 4.90 Å². The first-order chi connectivity index (χ1) is 10.8. The molecular weight excluding hydrogens is 279 g/mol. The number of hydrogen-bond acceptors (Lipinski definition) is 3. The van der Waals surface area contributed by atoms with E-state index in [4.69, 9.17) is 4.74 Å². The van der Waals surface area contributed by atoms with Crippen molar-refractivity contribution in [2.75, 3.05) is 33.3 Å². The van der Waals surface area contributed by atoms with E-state index in [-0.39, 0.29) is 11.9 Å². The lowest BCUT2D eigenvalue weighted by Crippen LogP contribution is -2.47. The summed E-state index contributed by atoms with van der Waals surface area (Å²) < 4.78 is 19.9. The molecule has 122 valence electrons. The fourth-order valence-electron chi connectivity index (χ4n) is 4.03. The van der Waals surface area contributed by atoms with Crippen molar-refractivity contribution in [2.45, 2.75) is 38.1 Å². The Balaban J connectivity index is 1.92. The Morgan fingerprint density at radius 3 is 2.59 bits per heavy atom. The highest BCUT2D eigenvalue weighted by Crippen LogP contribution is 2.40. The van der Waals surface area contributed by atoms with Gasteiger partial charge in [0.05, 0.1) is 7.11 Å². The molecule has 3 rings (SSSR count).